The fourth-order valence-electron chi connectivity index (χ4n) is 1.68. The van der Waals surface area contributed by atoms with Crippen LogP contribution in [0.25, 0.3) is 0 Å². The minimum atomic E-state index is -0.546. The molecule has 98 valence electrons. The summed E-state index contributed by atoms with van der Waals surface area (Å²) in [7, 11) is 0. The van der Waals surface area contributed by atoms with Crippen molar-refractivity contribution in [2.24, 2.45) is 0 Å². The van der Waals surface area contributed by atoms with Crippen LogP contribution in [0.5, 0.6) is 0 Å². The normalized spacial score (nSPS) is 12.1. The molecule has 0 aliphatic heterocycles. The molecule has 1 rings (SSSR count). The minimum absolute atomic E-state index is 0.244. The van der Waals surface area contributed by atoms with Gasteiger partial charge in [0, 0.05) is 13.2 Å². The van der Waals surface area contributed by atoms with Crippen LogP contribution in [0.1, 0.15) is 36.5 Å². The SMILES string of the molecule is N#Cc1ccc(C(O)CNCCCCCO)cc1. The van der Waals surface area contributed by atoms with Crippen molar-refractivity contribution in [3.63, 3.8) is 0 Å². The van der Waals surface area contributed by atoms with Gasteiger partial charge >= 0.3 is 0 Å². The molecular weight excluding hydrogens is 228 g/mol. The third kappa shape index (κ3) is 5.28. The van der Waals surface area contributed by atoms with Crippen LogP contribution in [0.2, 0.25) is 0 Å². The van der Waals surface area contributed by atoms with Crippen molar-refractivity contribution < 1.29 is 10.2 Å². The summed E-state index contributed by atoms with van der Waals surface area (Å²) < 4.78 is 0. The van der Waals surface area contributed by atoms with E-state index in [-0.39, 0.29) is 6.61 Å². The van der Waals surface area contributed by atoms with Crippen LogP contribution < -0.4 is 5.32 Å². The van der Waals surface area contributed by atoms with Crippen molar-refractivity contribution in [1.82, 2.24) is 5.32 Å². The summed E-state index contributed by atoms with van der Waals surface area (Å²) in [4.78, 5) is 0. The average Bonchev–Trinajstić information content (AvgIpc) is 2.42. The molecule has 0 amide bonds. The summed E-state index contributed by atoms with van der Waals surface area (Å²) in [6.07, 6.45) is 2.28. The molecule has 0 aromatic heterocycles. The van der Waals surface area contributed by atoms with E-state index < -0.39 is 6.10 Å². The van der Waals surface area contributed by atoms with Gasteiger partial charge in [-0.25, -0.2) is 0 Å². The van der Waals surface area contributed by atoms with Gasteiger partial charge in [0.05, 0.1) is 17.7 Å². The second-order valence-corrected chi connectivity index (χ2v) is 4.24. The Morgan fingerprint density at radius 3 is 2.50 bits per heavy atom. The van der Waals surface area contributed by atoms with Crippen molar-refractivity contribution >= 4 is 0 Å². The molecule has 0 radical (unpaired) electrons. The topological polar surface area (TPSA) is 76.3 Å². The van der Waals surface area contributed by atoms with E-state index in [0.29, 0.717) is 12.1 Å². The maximum Gasteiger partial charge on any atom is 0.0991 e. The number of nitrogens with one attached hydrogen (secondary N) is 1. The van der Waals surface area contributed by atoms with E-state index in [4.69, 9.17) is 10.4 Å². The first-order valence-electron chi connectivity index (χ1n) is 6.27. The number of aliphatic hydroxyl groups excluding tert-OH is 2. The number of aliphatic hydroxyl groups is 2. The standard InChI is InChI=1S/C14H20N2O2/c15-10-12-4-6-13(7-5-12)14(18)11-16-8-2-1-3-9-17/h4-7,14,16-18H,1-3,8-9,11H2. The van der Waals surface area contributed by atoms with Gasteiger partial charge in [0.15, 0.2) is 0 Å². The van der Waals surface area contributed by atoms with Crippen LogP contribution in [0.3, 0.4) is 0 Å². The number of benzene rings is 1. The first-order valence-corrected chi connectivity index (χ1v) is 6.27. The third-order valence-corrected chi connectivity index (χ3v) is 2.77. The van der Waals surface area contributed by atoms with Gasteiger partial charge in [0.2, 0.25) is 0 Å². The monoisotopic (exact) mass is 248 g/mol. The van der Waals surface area contributed by atoms with Crippen LogP contribution in [0, 0.1) is 11.3 Å². The van der Waals surface area contributed by atoms with Crippen molar-refractivity contribution in [2.45, 2.75) is 25.4 Å². The highest BCUT2D eigenvalue weighted by atomic mass is 16.3. The van der Waals surface area contributed by atoms with E-state index in [0.717, 1.165) is 31.4 Å². The Morgan fingerprint density at radius 2 is 1.89 bits per heavy atom. The summed E-state index contributed by atoms with van der Waals surface area (Å²) in [5, 5.41) is 30.4. The lowest BCUT2D eigenvalue weighted by Crippen LogP contribution is -2.22. The summed E-state index contributed by atoms with van der Waals surface area (Å²) in [6, 6.07) is 9.01. The maximum absolute atomic E-state index is 9.90. The first-order chi connectivity index (χ1) is 8.77. The molecule has 0 aliphatic carbocycles. The Labute approximate surface area is 108 Å². The molecule has 0 saturated heterocycles. The van der Waals surface area contributed by atoms with Crippen LogP contribution >= 0.6 is 0 Å². The molecule has 0 aliphatic rings. The number of hydrogen-bond acceptors (Lipinski definition) is 4. The number of nitriles is 1. The largest absolute Gasteiger partial charge is 0.396 e. The van der Waals surface area contributed by atoms with Gasteiger partial charge in [0.1, 0.15) is 0 Å². The molecule has 3 N–H and O–H groups in total. The molecule has 1 aromatic carbocycles. The zero-order valence-electron chi connectivity index (χ0n) is 10.5. The first kappa shape index (κ1) is 14.7. The lowest BCUT2D eigenvalue weighted by molar-refractivity contribution is 0.174. The summed E-state index contributed by atoms with van der Waals surface area (Å²) in [5.41, 5.74) is 1.42. The van der Waals surface area contributed by atoms with Gasteiger partial charge in [-0.05, 0) is 43.5 Å². The zero-order chi connectivity index (χ0) is 13.2. The summed E-state index contributed by atoms with van der Waals surface area (Å²) in [6.45, 7) is 1.59. The van der Waals surface area contributed by atoms with Crippen molar-refractivity contribution in [3.05, 3.63) is 35.4 Å². The lowest BCUT2D eigenvalue weighted by Gasteiger charge is -2.12. The number of nitrogens with zero attached hydrogens (tertiary/aromatic N) is 1. The third-order valence-electron chi connectivity index (χ3n) is 2.77. The quantitative estimate of drug-likeness (QED) is 0.607. The van der Waals surface area contributed by atoms with E-state index in [1.54, 1.807) is 24.3 Å². The van der Waals surface area contributed by atoms with Crippen LogP contribution in [-0.2, 0) is 0 Å². The van der Waals surface area contributed by atoms with E-state index in [1.807, 2.05) is 6.07 Å². The predicted molar refractivity (Wildman–Crippen MR) is 69.9 cm³/mol. The number of hydrogen-bond donors (Lipinski definition) is 3. The Morgan fingerprint density at radius 1 is 1.17 bits per heavy atom. The molecule has 0 spiro atoms. The molecule has 18 heavy (non-hydrogen) atoms. The lowest BCUT2D eigenvalue weighted by atomic mass is 10.1. The number of rotatable bonds is 8. The summed E-state index contributed by atoms with van der Waals surface area (Å²) >= 11 is 0. The molecule has 0 heterocycles. The van der Waals surface area contributed by atoms with Gasteiger partial charge in [0.25, 0.3) is 0 Å². The van der Waals surface area contributed by atoms with Crippen LogP contribution in [-0.4, -0.2) is 29.9 Å². The Kier molecular flexibility index (Phi) is 7.04. The Balaban J connectivity index is 2.23. The molecule has 4 nitrogen and oxygen atoms in total. The van der Waals surface area contributed by atoms with Crippen molar-refractivity contribution in [1.29, 1.82) is 5.26 Å². The van der Waals surface area contributed by atoms with Gasteiger partial charge in [-0.15, -0.1) is 0 Å². The van der Waals surface area contributed by atoms with E-state index in [1.165, 1.54) is 0 Å². The van der Waals surface area contributed by atoms with Gasteiger partial charge < -0.3 is 15.5 Å². The van der Waals surface area contributed by atoms with E-state index in [2.05, 4.69) is 5.32 Å². The smallest absolute Gasteiger partial charge is 0.0991 e. The van der Waals surface area contributed by atoms with Crippen molar-refractivity contribution in [2.75, 3.05) is 19.7 Å². The summed E-state index contributed by atoms with van der Waals surface area (Å²) in [5.74, 6) is 0. The van der Waals surface area contributed by atoms with Gasteiger partial charge in [-0.2, -0.15) is 5.26 Å². The highest BCUT2D eigenvalue weighted by molar-refractivity contribution is 5.32. The van der Waals surface area contributed by atoms with Crippen LogP contribution in [0.15, 0.2) is 24.3 Å². The fraction of sp³-hybridized carbons (Fsp3) is 0.500. The van der Waals surface area contributed by atoms with Gasteiger partial charge in [-0.1, -0.05) is 12.1 Å². The molecule has 1 atom stereocenters. The Bertz CT molecular complexity index is 370. The molecule has 0 bridgehead atoms. The van der Waals surface area contributed by atoms with E-state index >= 15 is 0 Å². The molecule has 0 fully saturated rings. The van der Waals surface area contributed by atoms with Gasteiger partial charge in [-0.3, -0.25) is 0 Å². The maximum atomic E-state index is 9.90. The Hall–Kier alpha value is -1.41. The average molecular weight is 248 g/mol. The fourth-order valence-corrected chi connectivity index (χ4v) is 1.68. The highest BCUT2D eigenvalue weighted by Crippen LogP contribution is 2.12. The second-order valence-electron chi connectivity index (χ2n) is 4.24. The van der Waals surface area contributed by atoms with E-state index in [9.17, 15) is 5.11 Å². The zero-order valence-corrected chi connectivity index (χ0v) is 10.5. The van der Waals surface area contributed by atoms with Crippen molar-refractivity contribution in [3.8, 4) is 6.07 Å². The number of unbranched alkanes of at least 4 members (excludes halogenated alkanes) is 2. The molecule has 0 saturated carbocycles. The molecular formula is C14H20N2O2. The minimum Gasteiger partial charge on any atom is -0.396 e. The molecule has 1 unspecified atom stereocenters. The molecule has 1 aromatic rings. The molecule has 4 heteroatoms. The predicted octanol–water partition coefficient (Wildman–Crippen LogP) is 1.34. The second kappa shape index (κ2) is 8.65. The van der Waals surface area contributed by atoms with Crippen LogP contribution in [0.4, 0.5) is 0 Å². The highest BCUT2D eigenvalue weighted by Gasteiger charge is 2.06.